The molecule has 6 aromatic rings. The fraction of sp³-hybridized carbons (Fsp3) is 0.118. The van der Waals surface area contributed by atoms with E-state index in [1.54, 1.807) is 34.6 Å². The Labute approximate surface area is 244 Å². The van der Waals surface area contributed by atoms with Crippen LogP contribution in [0.15, 0.2) is 109 Å². The van der Waals surface area contributed by atoms with Gasteiger partial charge in [0, 0.05) is 35.7 Å². The van der Waals surface area contributed by atoms with Gasteiger partial charge in [0.1, 0.15) is 23.0 Å². The number of nitrogens with zero attached hydrogens (tertiary/aromatic N) is 4. The highest BCUT2D eigenvalue weighted by Crippen LogP contribution is 2.41. The summed E-state index contributed by atoms with van der Waals surface area (Å²) in [6, 6.07) is 31.8. The van der Waals surface area contributed by atoms with Crippen LogP contribution in [-0.2, 0) is 0 Å². The molecule has 0 bridgehead atoms. The van der Waals surface area contributed by atoms with E-state index in [4.69, 9.17) is 28.9 Å². The molecule has 0 atom stereocenters. The molecule has 0 aliphatic carbocycles. The first-order valence-corrected chi connectivity index (χ1v) is 13.4. The Balaban J connectivity index is 1.72. The van der Waals surface area contributed by atoms with Crippen molar-refractivity contribution in [3.63, 3.8) is 0 Å². The first-order chi connectivity index (χ1) is 20.7. The van der Waals surface area contributed by atoms with E-state index < -0.39 is 0 Å². The highest BCUT2D eigenvalue weighted by atomic mass is 16.5. The molecule has 2 aromatic heterocycles. The van der Waals surface area contributed by atoms with Crippen LogP contribution in [0.5, 0.6) is 23.0 Å². The fourth-order valence-corrected chi connectivity index (χ4v) is 5.07. The van der Waals surface area contributed by atoms with Gasteiger partial charge >= 0.3 is 0 Å². The molecule has 2 heterocycles. The Hall–Kier alpha value is -5.50. The summed E-state index contributed by atoms with van der Waals surface area (Å²) >= 11 is 0. The standard InChI is InChI=1S/C34H30N4O4/c1-39-25-15-17-27(29(21-25)41-3)33-35-19-20-37(33)38-32(24-13-9-6-10-14-24)31(23-11-7-5-8-12-23)36-34(38)28-18-16-26(40-2)22-30(28)42-4/h5-22H,1-4H3. The first kappa shape index (κ1) is 26.7. The van der Waals surface area contributed by atoms with Crippen LogP contribution in [0.2, 0.25) is 0 Å². The van der Waals surface area contributed by atoms with Crippen LogP contribution in [0.1, 0.15) is 0 Å². The van der Waals surface area contributed by atoms with E-state index >= 15 is 0 Å². The van der Waals surface area contributed by atoms with Crippen LogP contribution in [0.3, 0.4) is 0 Å². The number of imidazole rings is 2. The van der Waals surface area contributed by atoms with Crippen molar-refractivity contribution in [2.75, 3.05) is 28.4 Å². The molecule has 0 N–H and O–H groups in total. The number of methoxy groups -OCH3 is 4. The van der Waals surface area contributed by atoms with Crippen molar-refractivity contribution in [1.29, 1.82) is 0 Å². The van der Waals surface area contributed by atoms with Crippen molar-refractivity contribution in [3.05, 3.63) is 109 Å². The quantitative estimate of drug-likeness (QED) is 0.189. The summed E-state index contributed by atoms with van der Waals surface area (Å²) in [7, 11) is 6.55. The largest absolute Gasteiger partial charge is 0.497 e. The lowest BCUT2D eigenvalue weighted by Crippen LogP contribution is -2.14. The number of hydrogen-bond acceptors (Lipinski definition) is 6. The third-order valence-electron chi connectivity index (χ3n) is 7.09. The zero-order chi connectivity index (χ0) is 29.1. The van der Waals surface area contributed by atoms with Gasteiger partial charge in [-0.3, -0.25) is 0 Å². The summed E-state index contributed by atoms with van der Waals surface area (Å²) in [5.74, 6) is 3.97. The molecule has 0 radical (unpaired) electrons. The second kappa shape index (κ2) is 11.5. The van der Waals surface area contributed by atoms with Gasteiger partial charge in [0.15, 0.2) is 11.6 Å². The van der Waals surface area contributed by atoms with Crippen molar-refractivity contribution in [2.24, 2.45) is 0 Å². The molecule has 8 heteroatoms. The fourth-order valence-electron chi connectivity index (χ4n) is 5.07. The Morgan fingerprint density at radius 2 is 1.12 bits per heavy atom. The predicted molar refractivity (Wildman–Crippen MR) is 163 cm³/mol. The minimum Gasteiger partial charge on any atom is -0.497 e. The summed E-state index contributed by atoms with van der Waals surface area (Å²) in [4.78, 5) is 10.1. The lowest BCUT2D eigenvalue weighted by atomic mass is 10.1. The van der Waals surface area contributed by atoms with Crippen LogP contribution >= 0.6 is 0 Å². The normalized spacial score (nSPS) is 10.9. The number of ether oxygens (including phenoxy) is 4. The van der Waals surface area contributed by atoms with Gasteiger partial charge in [-0.2, -0.15) is 0 Å². The molecule has 0 aliphatic heterocycles. The number of benzene rings is 4. The van der Waals surface area contributed by atoms with Gasteiger partial charge in [-0.15, -0.1) is 0 Å². The minimum absolute atomic E-state index is 0.628. The molecule has 0 unspecified atom stereocenters. The van der Waals surface area contributed by atoms with Crippen LogP contribution in [0.25, 0.3) is 45.3 Å². The zero-order valence-electron chi connectivity index (χ0n) is 23.8. The van der Waals surface area contributed by atoms with Crippen molar-refractivity contribution >= 4 is 0 Å². The molecule has 0 fully saturated rings. The maximum absolute atomic E-state index is 5.86. The number of aromatic nitrogens is 4. The lowest BCUT2D eigenvalue weighted by Gasteiger charge is -2.19. The van der Waals surface area contributed by atoms with Crippen LogP contribution in [-0.4, -0.2) is 47.8 Å². The van der Waals surface area contributed by atoms with Gasteiger partial charge in [-0.05, 0) is 24.3 Å². The SMILES string of the molecule is COc1ccc(-c2nccn2-n2c(-c3ccc(OC)cc3OC)nc(-c3ccccc3)c2-c2ccccc2)c(OC)c1. The monoisotopic (exact) mass is 558 g/mol. The molecule has 0 spiro atoms. The van der Waals surface area contributed by atoms with Gasteiger partial charge < -0.3 is 18.9 Å². The minimum atomic E-state index is 0.628. The Morgan fingerprint density at radius 1 is 0.571 bits per heavy atom. The summed E-state index contributed by atoms with van der Waals surface area (Å²) in [6.45, 7) is 0. The van der Waals surface area contributed by atoms with Gasteiger partial charge in [0.25, 0.3) is 0 Å². The molecule has 210 valence electrons. The molecule has 0 amide bonds. The maximum atomic E-state index is 5.86. The molecule has 4 aromatic carbocycles. The molecular weight excluding hydrogens is 528 g/mol. The third-order valence-corrected chi connectivity index (χ3v) is 7.09. The Bertz CT molecular complexity index is 1830. The number of rotatable bonds is 9. The summed E-state index contributed by atoms with van der Waals surface area (Å²) in [5.41, 5.74) is 5.26. The third kappa shape index (κ3) is 4.73. The highest BCUT2D eigenvalue weighted by Gasteiger charge is 2.26. The van der Waals surface area contributed by atoms with E-state index in [9.17, 15) is 0 Å². The number of hydrogen-bond donors (Lipinski definition) is 0. The van der Waals surface area contributed by atoms with Crippen molar-refractivity contribution in [2.45, 2.75) is 0 Å². The van der Waals surface area contributed by atoms with Crippen molar-refractivity contribution in [1.82, 2.24) is 19.3 Å². The van der Waals surface area contributed by atoms with Crippen molar-refractivity contribution < 1.29 is 18.9 Å². The molecular formula is C34H30N4O4. The lowest BCUT2D eigenvalue weighted by molar-refractivity contribution is 0.394. The molecule has 0 saturated carbocycles. The summed E-state index contributed by atoms with van der Waals surface area (Å²) in [5, 5.41) is 0. The molecule has 8 nitrogen and oxygen atoms in total. The molecule has 42 heavy (non-hydrogen) atoms. The van der Waals surface area contributed by atoms with Crippen LogP contribution in [0, 0.1) is 0 Å². The first-order valence-electron chi connectivity index (χ1n) is 13.4. The Kier molecular flexibility index (Phi) is 7.34. The second-order valence-electron chi connectivity index (χ2n) is 9.40. The van der Waals surface area contributed by atoms with Gasteiger partial charge in [0.05, 0.1) is 51.0 Å². The van der Waals surface area contributed by atoms with E-state index in [-0.39, 0.29) is 0 Å². The van der Waals surface area contributed by atoms with E-state index in [0.29, 0.717) is 34.6 Å². The Morgan fingerprint density at radius 3 is 1.67 bits per heavy atom. The topological polar surface area (TPSA) is 72.6 Å². The van der Waals surface area contributed by atoms with Gasteiger partial charge in [0.2, 0.25) is 0 Å². The zero-order valence-corrected chi connectivity index (χ0v) is 23.8. The maximum Gasteiger partial charge on any atom is 0.164 e. The van der Waals surface area contributed by atoms with Crippen LogP contribution in [0.4, 0.5) is 0 Å². The van der Waals surface area contributed by atoms with Gasteiger partial charge in [-0.25, -0.2) is 19.3 Å². The molecule has 0 aliphatic rings. The highest BCUT2D eigenvalue weighted by molar-refractivity contribution is 5.83. The molecule has 0 saturated heterocycles. The van der Waals surface area contributed by atoms with E-state index in [1.165, 1.54) is 0 Å². The summed E-state index contributed by atoms with van der Waals surface area (Å²) < 4.78 is 26.6. The van der Waals surface area contributed by atoms with Crippen molar-refractivity contribution in [3.8, 4) is 68.3 Å². The smallest absolute Gasteiger partial charge is 0.164 e. The predicted octanol–water partition coefficient (Wildman–Crippen LogP) is 7.09. The average molecular weight is 559 g/mol. The second-order valence-corrected chi connectivity index (χ2v) is 9.40. The van der Waals surface area contributed by atoms with Crippen LogP contribution < -0.4 is 18.9 Å². The van der Waals surface area contributed by atoms with Gasteiger partial charge in [-0.1, -0.05) is 60.7 Å². The van der Waals surface area contributed by atoms with E-state index in [1.807, 2.05) is 83.7 Å². The average Bonchev–Trinajstić information content (AvgIpc) is 3.70. The summed E-state index contributed by atoms with van der Waals surface area (Å²) in [6.07, 6.45) is 3.69. The molecule has 6 rings (SSSR count). The van der Waals surface area contributed by atoms with E-state index in [0.717, 1.165) is 33.6 Å². The van der Waals surface area contributed by atoms with E-state index in [2.05, 4.69) is 28.9 Å².